The van der Waals surface area contributed by atoms with E-state index in [1.54, 1.807) is 6.07 Å². The van der Waals surface area contributed by atoms with Gasteiger partial charge in [0.1, 0.15) is 5.82 Å². The van der Waals surface area contributed by atoms with Crippen LogP contribution in [0.1, 0.15) is 18.4 Å². The van der Waals surface area contributed by atoms with Gasteiger partial charge in [-0.05, 0) is 55.8 Å². The smallest absolute Gasteiger partial charge is 0.328 e. The number of carboxylic acids is 1. The monoisotopic (exact) mass is 292 g/mol. The highest BCUT2D eigenvalue weighted by molar-refractivity contribution is 5.85. The number of carbonyl (C=O) groups is 1. The van der Waals surface area contributed by atoms with Gasteiger partial charge >= 0.3 is 5.97 Å². The van der Waals surface area contributed by atoms with Gasteiger partial charge in [0.25, 0.3) is 0 Å². The minimum absolute atomic E-state index is 0.356. The number of anilines is 1. The van der Waals surface area contributed by atoms with Gasteiger partial charge in [-0.25, -0.2) is 9.18 Å². The van der Waals surface area contributed by atoms with Crippen LogP contribution in [0.25, 0.3) is 6.08 Å². The Morgan fingerprint density at radius 2 is 2.10 bits per heavy atom. The number of halogens is 1. The molecule has 1 aromatic carbocycles. The third-order valence-corrected chi connectivity index (χ3v) is 3.71. The van der Waals surface area contributed by atoms with Gasteiger partial charge in [0.05, 0.1) is 0 Å². The summed E-state index contributed by atoms with van der Waals surface area (Å²) in [6, 6.07) is 4.60. The minimum atomic E-state index is -1.04. The van der Waals surface area contributed by atoms with Crippen molar-refractivity contribution < 1.29 is 14.3 Å². The van der Waals surface area contributed by atoms with E-state index < -0.39 is 5.97 Å². The van der Waals surface area contributed by atoms with Crippen molar-refractivity contribution in [3.63, 3.8) is 0 Å². The molecule has 1 aliphatic heterocycles. The fraction of sp³-hybridized carbons (Fsp3) is 0.438. The molecule has 0 atom stereocenters. The van der Waals surface area contributed by atoms with Crippen LogP contribution < -0.4 is 4.90 Å². The predicted octanol–water partition coefficient (Wildman–Crippen LogP) is 2.46. The molecule has 0 amide bonds. The number of nitrogens with zero attached hydrogens (tertiary/aromatic N) is 2. The Bertz CT molecular complexity index is 525. The Kier molecular flexibility index (Phi) is 5.33. The van der Waals surface area contributed by atoms with Crippen LogP contribution in [0.2, 0.25) is 0 Å². The lowest BCUT2D eigenvalue weighted by Crippen LogP contribution is -2.31. The van der Waals surface area contributed by atoms with Crippen LogP contribution in [0, 0.1) is 5.82 Å². The van der Waals surface area contributed by atoms with Crippen molar-refractivity contribution in [2.75, 3.05) is 38.1 Å². The van der Waals surface area contributed by atoms with E-state index in [0.717, 1.165) is 37.9 Å². The maximum Gasteiger partial charge on any atom is 0.328 e. The molecule has 0 aromatic heterocycles. The molecule has 21 heavy (non-hydrogen) atoms. The first-order chi connectivity index (χ1) is 10.0. The number of rotatable bonds is 6. The van der Waals surface area contributed by atoms with Gasteiger partial charge in [0, 0.05) is 31.9 Å². The Morgan fingerprint density at radius 3 is 2.76 bits per heavy atom. The van der Waals surface area contributed by atoms with E-state index in [0.29, 0.717) is 5.56 Å². The van der Waals surface area contributed by atoms with Gasteiger partial charge in [-0.15, -0.1) is 0 Å². The molecule has 0 saturated carbocycles. The Balaban J connectivity index is 2.01. The van der Waals surface area contributed by atoms with Gasteiger partial charge in [0.15, 0.2) is 0 Å². The number of benzene rings is 1. The zero-order valence-corrected chi connectivity index (χ0v) is 12.3. The van der Waals surface area contributed by atoms with Crippen LogP contribution in [0.5, 0.6) is 0 Å². The number of carboxylic acid groups (broad SMARTS) is 1. The van der Waals surface area contributed by atoms with E-state index >= 15 is 0 Å². The Labute approximate surface area is 124 Å². The van der Waals surface area contributed by atoms with E-state index in [9.17, 15) is 9.18 Å². The lowest BCUT2D eigenvalue weighted by molar-refractivity contribution is -0.131. The van der Waals surface area contributed by atoms with E-state index in [1.807, 2.05) is 11.9 Å². The average molecular weight is 292 g/mol. The summed E-state index contributed by atoms with van der Waals surface area (Å²) >= 11 is 0. The molecule has 114 valence electrons. The van der Waals surface area contributed by atoms with E-state index in [4.69, 9.17) is 5.11 Å². The molecule has 0 bridgehead atoms. The standard InChI is InChI=1S/C16H21FN2O2/c1-18(8-9-19-6-2-3-7-19)15-11-13(4-5-16(20)21)10-14(17)12-15/h4-5,10-12H,2-3,6-9H2,1H3,(H,20,21)/b5-4+. The molecule has 4 nitrogen and oxygen atoms in total. The number of likely N-dealkylation sites (N-methyl/N-ethyl adjacent to an activating group) is 1. The number of hydrogen-bond donors (Lipinski definition) is 1. The minimum Gasteiger partial charge on any atom is -0.478 e. The third kappa shape index (κ3) is 4.86. The molecule has 0 radical (unpaired) electrons. The summed E-state index contributed by atoms with van der Waals surface area (Å²) < 4.78 is 13.6. The first-order valence-corrected chi connectivity index (χ1v) is 7.20. The van der Waals surface area contributed by atoms with Crippen LogP contribution in [0.3, 0.4) is 0 Å². The Morgan fingerprint density at radius 1 is 1.38 bits per heavy atom. The summed E-state index contributed by atoms with van der Waals surface area (Å²) in [6.07, 6.45) is 4.94. The van der Waals surface area contributed by atoms with E-state index in [2.05, 4.69) is 4.90 Å². The zero-order chi connectivity index (χ0) is 15.2. The summed E-state index contributed by atoms with van der Waals surface area (Å²) in [7, 11) is 1.93. The molecule has 0 spiro atoms. The van der Waals surface area contributed by atoms with E-state index in [1.165, 1.54) is 31.1 Å². The van der Waals surface area contributed by atoms with Crippen LogP contribution in [0.15, 0.2) is 24.3 Å². The fourth-order valence-corrected chi connectivity index (χ4v) is 2.51. The summed E-state index contributed by atoms with van der Waals surface area (Å²) in [5.41, 5.74) is 1.32. The van der Waals surface area contributed by atoms with Crippen molar-refractivity contribution in [3.05, 3.63) is 35.7 Å². The molecular weight excluding hydrogens is 271 g/mol. The second-order valence-electron chi connectivity index (χ2n) is 5.38. The summed E-state index contributed by atoms with van der Waals surface area (Å²) in [5.74, 6) is -1.39. The zero-order valence-electron chi connectivity index (χ0n) is 12.3. The highest BCUT2D eigenvalue weighted by Gasteiger charge is 2.12. The molecular formula is C16H21FN2O2. The normalized spacial score (nSPS) is 15.7. The molecule has 0 unspecified atom stereocenters. The van der Waals surface area contributed by atoms with Gasteiger partial charge in [0.2, 0.25) is 0 Å². The summed E-state index contributed by atoms with van der Waals surface area (Å²) in [5, 5.41) is 8.63. The topological polar surface area (TPSA) is 43.8 Å². The van der Waals surface area contributed by atoms with Gasteiger partial charge < -0.3 is 14.9 Å². The summed E-state index contributed by atoms with van der Waals surface area (Å²) in [4.78, 5) is 14.9. The maximum atomic E-state index is 13.6. The van der Waals surface area contributed by atoms with Crippen molar-refractivity contribution in [3.8, 4) is 0 Å². The number of aliphatic carboxylic acids is 1. The molecule has 1 saturated heterocycles. The maximum absolute atomic E-state index is 13.6. The highest BCUT2D eigenvalue weighted by Crippen LogP contribution is 2.19. The van der Waals surface area contributed by atoms with Gasteiger partial charge in [-0.3, -0.25) is 0 Å². The quantitative estimate of drug-likeness (QED) is 0.818. The SMILES string of the molecule is CN(CCN1CCCC1)c1cc(F)cc(/C=C/C(=O)O)c1. The second-order valence-corrected chi connectivity index (χ2v) is 5.38. The predicted molar refractivity (Wildman–Crippen MR) is 82.0 cm³/mol. The fourth-order valence-electron chi connectivity index (χ4n) is 2.51. The molecule has 2 rings (SSSR count). The molecule has 1 aliphatic rings. The van der Waals surface area contributed by atoms with Crippen molar-refractivity contribution in [1.82, 2.24) is 4.90 Å². The third-order valence-electron chi connectivity index (χ3n) is 3.71. The van der Waals surface area contributed by atoms with Crippen LogP contribution in [-0.4, -0.2) is 49.2 Å². The van der Waals surface area contributed by atoms with Crippen molar-refractivity contribution in [2.24, 2.45) is 0 Å². The van der Waals surface area contributed by atoms with Gasteiger partial charge in [-0.2, -0.15) is 0 Å². The molecule has 1 fully saturated rings. The lowest BCUT2D eigenvalue weighted by atomic mass is 10.1. The van der Waals surface area contributed by atoms with Crippen molar-refractivity contribution in [2.45, 2.75) is 12.8 Å². The second kappa shape index (κ2) is 7.22. The number of likely N-dealkylation sites (tertiary alicyclic amines) is 1. The molecule has 1 heterocycles. The lowest BCUT2D eigenvalue weighted by Gasteiger charge is -2.23. The van der Waals surface area contributed by atoms with Crippen LogP contribution in [0.4, 0.5) is 10.1 Å². The highest BCUT2D eigenvalue weighted by atomic mass is 19.1. The molecule has 1 aromatic rings. The average Bonchev–Trinajstić information content (AvgIpc) is 2.95. The van der Waals surface area contributed by atoms with E-state index in [-0.39, 0.29) is 5.82 Å². The van der Waals surface area contributed by atoms with Crippen molar-refractivity contribution >= 4 is 17.7 Å². The van der Waals surface area contributed by atoms with Crippen LogP contribution >= 0.6 is 0 Å². The molecule has 0 aliphatic carbocycles. The molecule has 5 heteroatoms. The largest absolute Gasteiger partial charge is 0.478 e. The van der Waals surface area contributed by atoms with Crippen LogP contribution in [-0.2, 0) is 4.79 Å². The van der Waals surface area contributed by atoms with Gasteiger partial charge in [-0.1, -0.05) is 0 Å². The summed E-state index contributed by atoms with van der Waals surface area (Å²) in [6.45, 7) is 4.08. The molecule has 1 N–H and O–H groups in total. The number of hydrogen-bond acceptors (Lipinski definition) is 3. The first-order valence-electron chi connectivity index (χ1n) is 7.20. The Hall–Kier alpha value is -1.88. The first kappa shape index (κ1) is 15.5. The van der Waals surface area contributed by atoms with Crippen molar-refractivity contribution in [1.29, 1.82) is 0 Å².